The van der Waals surface area contributed by atoms with Crippen LogP contribution in [-0.2, 0) is 0 Å². The minimum Gasteiger partial charge on any atom is -0.293 e. The third-order valence-corrected chi connectivity index (χ3v) is 4.50. The Morgan fingerprint density at radius 3 is 2.29 bits per heavy atom. The Morgan fingerprint density at radius 1 is 1.10 bits per heavy atom. The Bertz CT molecular complexity index is 479. The van der Waals surface area contributed by atoms with E-state index in [0.29, 0.717) is 12.6 Å². The molecule has 1 aromatic rings. The first kappa shape index (κ1) is 17.9. The fraction of sp³-hybridized carbons (Fsp3) is 0.632. The summed E-state index contributed by atoms with van der Waals surface area (Å²) in [4.78, 5) is 15.0. The molecule has 0 spiro atoms. The number of rotatable bonds is 8. The number of nitrogens with zero attached hydrogens (tertiary/aromatic N) is 1. The molecule has 0 saturated carbocycles. The van der Waals surface area contributed by atoms with Gasteiger partial charge in [-0.05, 0) is 69.8 Å². The maximum absolute atomic E-state index is 12.7. The smallest absolute Gasteiger partial charge is 0.177 e. The van der Waals surface area contributed by atoms with Crippen LogP contribution in [0.3, 0.4) is 0 Å². The van der Waals surface area contributed by atoms with E-state index in [1.807, 2.05) is 6.92 Å². The van der Waals surface area contributed by atoms with Gasteiger partial charge in [-0.15, -0.1) is 0 Å². The molecule has 1 aromatic carbocycles. The van der Waals surface area contributed by atoms with Crippen molar-refractivity contribution in [2.75, 3.05) is 13.1 Å². The molecule has 0 amide bonds. The van der Waals surface area contributed by atoms with E-state index in [1.54, 1.807) is 0 Å². The average Bonchev–Trinajstić information content (AvgIpc) is 2.46. The van der Waals surface area contributed by atoms with E-state index in [2.05, 4.69) is 51.7 Å². The highest BCUT2D eigenvalue weighted by atomic mass is 16.1. The van der Waals surface area contributed by atoms with Crippen molar-refractivity contribution in [3.05, 3.63) is 34.4 Å². The summed E-state index contributed by atoms with van der Waals surface area (Å²) in [6.07, 6.45) is 3.41. The van der Waals surface area contributed by atoms with E-state index in [1.165, 1.54) is 17.5 Å². The van der Waals surface area contributed by atoms with Crippen molar-refractivity contribution < 1.29 is 4.79 Å². The molecule has 118 valence electrons. The van der Waals surface area contributed by atoms with Crippen LogP contribution in [0.4, 0.5) is 0 Å². The molecular formula is C19H31NO. The molecule has 0 aromatic heterocycles. The molecule has 0 heterocycles. The Hall–Kier alpha value is -1.15. The van der Waals surface area contributed by atoms with Crippen molar-refractivity contribution in [3.63, 3.8) is 0 Å². The lowest BCUT2D eigenvalue weighted by Crippen LogP contribution is -2.38. The second-order valence-corrected chi connectivity index (χ2v) is 6.26. The van der Waals surface area contributed by atoms with Crippen molar-refractivity contribution >= 4 is 5.78 Å². The molecule has 0 fully saturated rings. The monoisotopic (exact) mass is 289 g/mol. The maximum Gasteiger partial charge on any atom is 0.177 e. The van der Waals surface area contributed by atoms with Crippen molar-refractivity contribution in [2.45, 2.75) is 66.8 Å². The predicted octanol–water partition coefficient (Wildman–Crippen LogP) is 4.70. The number of hydrogen-bond donors (Lipinski definition) is 0. The van der Waals surface area contributed by atoms with Crippen molar-refractivity contribution in [1.29, 1.82) is 0 Å². The summed E-state index contributed by atoms with van der Waals surface area (Å²) in [6, 6.07) is 4.65. The molecule has 1 rings (SSSR count). The second kappa shape index (κ2) is 8.33. The van der Waals surface area contributed by atoms with Gasteiger partial charge in [-0.1, -0.05) is 26.3 Å². The van der Waals surface area contributed by atoms with Crippen LogP contribution in [0, 0.1) is 20.8 Å². The number of carbonyl (C=O) groups is 1. The summed E-state index contributed by atoms with van der Waals surface area (Å²) >= 11 is 0. The molecule has 21 heavy (non-hydrogen) atoms. The van der Waals surface area contributed by atoms with Gasteiger partial charge in [0, 0.05) is 11.6 Å². The number of Topliss-reactive ketones (excluding diaryl/α,β-unsaturated/α-hetero) is 1. The topological polar surface area (TPSA) is 20.3 Å². The zero-order chi connectivity index (χ0) is 16.0. The third-order valence-electron chi connectivity index (χ3n) is 4.50. The van der Waals surface area contributed by atoms with Gasteiger partial charge in [-0.3, -0.25) is 9.69 Å². The van der Waals surface area contributed by atoms with Gasteiger partial charge in [-0.25, -0.2) is 0 Å². The normalized spacial score (nSPS) is 12.7. The number of unbranched alkanes of at least 4 members (excludes halogenated alkanes) is 1. The molecule has 0 N–H and O–H groups in total. The van der Waals surface area contributed by atoms with E-state index >= 15 is 0 Å². The van der Waals surface area contributed by atoms with Crippen LogP contribution in [0.5, 0.6) is 0 Å². The van der Waals surface area contributed by atoms with Crippen LogP contribution in [0.25, 0.3) is 0 Å². The van der Waals surface area contributed by atoms with Crippen LogP contribution in [0.2, 0.25) is 0 Å². The summed E-state index contributed by atoms with van der Waals surface area (Å²) in [5.41, 5.74) is 4.45. The molecule has 0 radical (unpaired) electrons. The van der Waals surface area contributed by atoms with Gasteiger partial charge in [0.05, 0.1) is 6.54 Å². The lowest BCUT2D eigenvalue weighted by Gasteiger charge is -2.28. The van der Waals surface area contributed by atoms with Gasteiger partial charge in [0.25, 0.3) is 0 Å². The Balaban J connectivity index is 2.88. The Kier molecular flexibility index (Phi) is 7.10. The zero-order valence-electron chi connectivity index (χ0n) is 14.6. The van der Waals surface area contributed by atoms with Crippen LogP contribution in [0.15, 0.2) is 12.1 Å². The highest BCUT2D eigenvalue weighted by Gasteiger charge is 2.18. The first-order chi connectivity index (χ1) is 9.90. The summed E-state index contributed by atoms with van der Waals surface area (Å²) in [7, 11) is 0. The molecule has 2 nitrogen and oxygen atoms in total. The van der Waals surface area contributed by atoms with E-state index in [9.17, 15) is 4.79 Å². The van der Waals surface area contributed by atoms with Crippen molar-refractivity contribution in [2.24, 2.45) is 0 Å². The van der Waals surface area contributed by atoms with Gasteiger partial charge < -0.3 is 0 Å². The van der Waals surface area contributed by atoms with Crippen LogP contribution in [0.1, 0.15) is 67.1 Å². The molecule has 1 atom stereocenters. The maximum atomic E-state index is 12.7. The Labute approximate surface area is 130 Å². The number of aryl methyl sites for hydroxylation is 3. The Morgan fingerprint density at radius 2 is 1.71 bits per heavy atom. The fourth-order valence-electron chi connectivity index (χ4n) is 2.61. The molecule has 0 bridgehead atoms. The minimum atomic E-state index is 0.256. The van der Waals surface area contributed by atoms with Gasteiger partial charge in [0.15, 0.2) is 5.78 Å². The third kappa shape index (κ3) is 4.96. The fourth-order valence-corrected chi connectivity index (χ4v) is 2.61. The highest BCUT2D eigenvalue weighted by Crippen LogP contribution is 2.17. The molecule has 0 aliphatic carbocycles. The number of benzene rings is 1. The molecule has 2 heteroatoms. The SMILES string of the molecule is CCCCN(CC(=O)c1cc(C)c(C)cc1C)C(C)CC. The lowest BCUT2D eigenvalue weighted by molar-refractivity contribution is 0.0893. The summed E-state index contributed by atoms with van der Waals surface area (Å²) in [5, 5.41) is 0. The molecular weight excluding hydrogens is 258 g/mol. The number of hydrogen-bond acceptors (Lipinski definition) is 2. The molecule has 0 aliphatic heterocycles. The van der Waals surface area contributed by atoms with Crippen molar-refractivity contribution in [1.82, 2.24) is 4.90 Å². The van der Waals surface area contributed by atoms with Crippen molar-refractivity contribution in [3.8, 4) is 0 Å². The van der Waals surface area contributed by atoms with E-state index in [4.69, 9.17) is 0 Å². The first-order valence-electron chi connectivity index (χ1n) is 8.25. The van der Waals surface area contributed by atoms with Gasteiger partial charge in [-0.2, -0.15) is 0 Å². The van der Waals surface area contributed by atoms with Crippen LogP contribution in [-0.4, -0.2) is 29.8 Å². The van der Waals surface area contributed by atoms with E-state index in [0.717, 1.165) is 30.5 Å². The average molecular weight is 289 g/mol. The van der Waals surface area contributed by atoms with E-state index in [-0.39, 0.29) is 5.78 Å². The van der Waals surface area contributed by atoms with Crippen LogP contribution >= 0.6 is 0 Å². The lowest BCUT2D eigenvalue weighted by atomic mass is 9.97. The predicted molar refractivity (Wildman–Crippen MR) is 91.2 cm³/mol. The van der Waals surface area contributed by atoms with Gasteiger partial charge in [0.2, 0.25) is 0 Å². The van der Waals surface area contributed by atoms with E-state index < -0.39 is 0 Å². The molecule has 0 aliphatic rings. The molecule has 0 saturated heterocycles. The quantitative estimate of drug-likeness (QED) is 0.647. The second-order valence-electron chi connectivity index (χ2n) is 6.26. The summed E-state index contributed by atoms with van der Waals surface area (Å²) < 4.78 is 0. The zero-order valence-corrected chi connectivity index (χ0v) is 14.6. The summed E-state index contributed by atoms with van der Waals surface area (Å²) in [6.45, 7) is 14.4. The number of ketones is 1. The van der Waals surface area contributed by atoms with Gasteiger partial charge >= 0.3 is 0 Å². The van der Waals surface area contributed by atoms with Gasteiger partial charge in [0.1, 0.15) is 0 Å². The molecule has 1 unspecified atom stereocenters. The largest absolute Gasteiger partial charge is 0.293 e. The first-order valence-corrected chi connectivity index (χ1v) is 8.25. The minimum absolute atomic E-state index is 0.256. The van der Waals surface area contributed by atoms with Crippen LogP contribution < -0.4 is 0 Å². The highest BCUT2D eigenvalue weighted by molar-refractivity contribution is 5.99. The standard InChI is InChI=1S/C19H31NO/c1-7-9-10-20(17(6)8-2)13-19(21)18-12-15(4)14(3)11-16(18)5/h11-12,17H,7-10,13H2,1-6H3. The summed E-state index contributed by atoms with van der Waals surface area (Å²) in [5.74, 6) is 0.256. The number of carbonyl (C=O) groups excluding carboxylic acids is 1.